The number of carbonyl (C=O) groups excluding carboxylic acids is 2. The molecular weight excluding hydrogens is 391 g/mol. The van der Waals surface area contributed by atoms with E-state index in [9.17, 15) is 9.59 Å². The first-order chi connectivity index (χ1) is 12.9. The van der Waals surface area contributed by atoms with Crippen molar-refractivity contribution in [2.24, 2.45) is 0 Å². The summed E-state index contributed by atoms with van der Waals surface area (Å²) in [6.07, 6.45) is 0.759. The molecule has 0 aliphatic carbocycles. The normalized spacial score (nSPS) is 10.2. The van der Waals surface area contributed by atoms with Crippen LogP contribution in [0.25, 0.3) is 0 Å². The molecule has 0 unspecified atom stereocenters. The molecule has 6 nitrogen and oxygen atoms in total. The Balaban J connectivity index is 1.85. The van der Waals surface area contributed by atoms with Crippen LogP contribution in [0.15, 0.2) is 36.4 Å². The highest BCUT2D eigenvalue weighted by molar-refractivity contribution is 6.35. The highest BCUT2D eigenvalue weighted by atomic mass is 35.5. The van der Waals surface area contributed by atoms with Crippen molar-refractivity contribution < 1.29 is 19.1 Å². The van der Waals surface area contributed by atoms with Crippen LogP contribution in [0.5, 0.6) is 11.5 Å². The zero-order valence-electron chi connectivity index (χ0n) is 15.0. The number of nitrogens with one attached hydrogen (secondary N) is 2. The summed E-state index contributed by atoms with van der Waals surface area (Å²) in [6, 6.07) is 9.78. The van der Waals surface area contributed by atoms with E-state index in [-0.39, 0.29) is 18.2 Å². The summed E-state index contributed by atoms with van der Waals surface area (Å²) in [5, 5.41) is 6.26. The Labute approximate surface area is 167 Å². The molecule has 144 valence electrons. The SMILES string of the molecule is CNC(=O)c1ccc(NC(=O)CCCOc2ccc(Cl)cc2Cl)c(OC)c1. The van der Waals surface area contributed by atoms with Crippen molar-refractivity contribution in [3.8, 4) is 11.5 Å². The lowest BCUT2D eigenvalue weighted by Crippen LogP contribution is -2.18. The van der Waals surface area contributed by atoms with Gasteiger partial charge in [0.2, 0.25) is 5.91 Å². The number of rotatable bonds is 8. The van der Waals surface area contributed by atoms with Crippen molar-refractivity contribution in [3.63, 3.8) is 0 Å². The second-order valence-electron chi connectivity index (χ2n) is 5.57. The van der Waals surface area contributed by atoms with Crippen LogP contribution in [0.4, 0.5) is 5.69 Å². The van der Waals surface area contributed by atoms with Gasteiger partial charge in [-0.25, -0.2) is 0 Å². The summed E-state index contributed by atoms with van der Waals surface area (Å²) >= 11 is 11.9. The average molecular weight is 411 g/mol. The molecule has 0 fully saturated rings. The minimum Gasteiger partial charge on any atom is -0.495 e. The molecule has 0 heterocycles. The van der Waals surface area contributed by atoms with Gasteiger partial charge in [0.1, 0.15) is 11.5 Å². The van der Waals surface area contributed by atoms with Gasteiger partial charge in [-0.05, 0) is 42.8 Å². The molecule has 8 heteroatoms. The highest BCUT2D eigenvalue weighted by Gasteiger charge is 2.11. The van der Waals surface area contributed by atoms with E-state index in [0.717, 1.165) is 0 Å². The van der Waals surface area contributed by atoms with E-state index in [1.165, 1.54) is 7.11 Å². The maximum absolute atomic E-state index is 12.1. The number of methoxy groups -OCH3 is 1. The number of hydrogen-bond donors (Lipinski definition) is 2. The maximum Gasteiger partial charge on any atom is 0.251 e. The standard InChI is InChI=1S/C19H20Cl2N2O4/c1-22-19(25)12-5-7-15(17(10-12)26-2)23-18(24)4-3-9-27-16-8-6-13(20)11-14(16)21/h5-8,10-11H,3-4,9H2,1-2H3,(H,22,25)(H,23,24). The molecule has 0 spiro atoms. The van der Waals surface area contributed by atoms with Gasteiger partial charge in [0.15, 0.2) is 0 Å². The van der Waals surface area contributed by atoms with E-state index in [4.69, 9.17) is 32.7 Å². The minimum atomic E-state index is -0.232. The third-order valence-corrected chi connectivity index (χ3v) is 4.20. The Bertz CT molecular complexity index is 827. The fraction of sp³-hybridized carbons (Fsp3) is 0.263. The van der Waals surface area contributed by atoms with Gasteiger partial charge in [-0.1, -0.05) is 23.2 Å². The van der Waals surface area contributed by atoms with Crippen LogP contribution in [0.1, 0.15) is 23.2 Å². The van der Waals surface area contributed by atoms with Gasteiger partial charge in [0.25, 0.3) is 5.91 Å². The van der Waals surface area contributed by atoms with Gasteiger partial charge >= 0.3 is 0 Å². The van der Waals surface area contributed by atoms with Crippen molar-refractivity contribution in [2.45, 2.75) is 12.8 Å². The van der Waals surface area contributed by atoms with Gasteiger partial charge in [0.05, 0.1) is 24.4 Å². The molecule has 2 rings (SSSR count). The molecule has 2 amide bonds. The highest BCUT2D eigenvalue weighted by Crippen LogP contribution is 2.28. The Morgan fingerprint density at radius 1 is 1.07 bits per heavy atom. The molecule has 0 aliphatic rings. The topological polar surface area (TPSA) is 76.7 Å². The van der Waals surface area contributed by atoms with Gasteiger partial charge < -0.3 is 20.1 Å². The fourth-order valence-corrected chi connectivity index (χ4v) is 2.76. The van der Waals surface area contributed by atoms with Crippen molar-refractivity contribution >= 4 is 40.7 Å². The molecule has 0 aliphatic heterocycles. The largest absolute Gasteiger partial charge is 0.495 e. The zero-order valence-corrected chi connectivity index (χ0v) is 16.5. The molecule has 2 N–H and O–H groups in total. The second kappa shape index (κ2) is 10.0. The zero-order chi connectivity index (χ0) is 19.8. The lowest BCUT2D eigenvalue weighted by Gasteiger charge is -2.12. The number of amides is 2. The predicted octanol–water partition coefficient (Wildman–Crippen LogP) is 4.16. The van der Waals surface area contributed by atoms with E-state index in [2.05, 4.69) is 10.6 Å². The average Bonchev–Trinajstić information content (AvgIpc) is 2.66. The molecule has 27 heavy (non-hydrogen) atoms. The third-order valence-electron chi connectivity index (χ3n) is 3.66. The van der Waals surface area contributed by atoms with Crippen LogP contribution in [0.3, 0.4) is 0 Å². The number of anilines is 1. The van der Waals surface area contributed by atoms with E-state index >= 15 is 0 Å². The van der Waals surface area contributed by atoms with Crippen LogP contribution in [-0.2, 0) is 4.79 Å². The fourth-order valence-electron chi connectivity index (χ4n) is 2.30. The smallest absolute Gasteiger partial charge is 0.251 e. The number of benzene rings is 2. The number of halogens is 2. The molecule has 0 radical (unpaired) electrons. The van der Waals surface area contributed by atoms with E-state index in [0.29, 0.717) is 45.8 Å². The Kier molecular flexibility index (Phi) is 7.76. The van der Waals surface area contributed by atoms with Crippen LogP contribution in [0.2, 0.25) is 10.0 Å². The lowest BCUT2D eigenvalue weighted by molar-refractivity contribution is -0.116. The Hall–Kier alpha value is -2.44. The summed E-state index contributed by atoms with van der Waals surface area (Å²) < 4.78 is 10.8. The summed E-state index contributed by atoms with van der Waals surface area (Å²) in [7, 11) is 3.02. The molecule has 0 bridgehead atoms. The minimum absolute atomic E-state index is 0.188. The van der Waals surface area contributed by atoms with E-state index in [1.54, 1.807) is 43.4 Å². The quantitative estimate of drug-likeness (QED) is 0.640. The Morgan fingerprint density at radius 3 is 2.52 bits per heavy atom. The summed E-state index contributed by atoms with van der Waals surface area (Å²) in [5.74, 6) is 0.512. The molecular formula is C19H20Cl2N2O4. The van der Waals surface area contributed by atoms with Gasteiger partial charge in [-0.15, -0.1) is 0 Å². The van der Waals surface area contributed by atoms with E-state index < -0.39 is 0 Å². The monoisotopic (exact) mass is 410 g/mol. The van der Waals surface area contributed by atoms with Gasteiger partial charge in [0, 0.05) is 24.1 Å². The molecule has 0 atom stereocenters. The van der Waals surface area contributed by atoms with Crippen LogP contribution in [-0.4, -0.2) is 32.6 Å². The summed E-state index contributed by atoms with van der Waals surface area (Å²) in [5.41, 5.74) is 0.942. The molecule has 0 aromatic heterocycles. The van der Waals surface area contributed by atoms with Gasteiger partial charge in [-0.3, -0.25) is 9.59 Å². The van der Waals surface area contributed by atoms with Crippen LogP contribution < -0.4 is 20.1 Å². The van der Waals surface area contributed by atoms with E-state index in [1.807, 2.05) is 0 Å². The third kappa shape index (κ3) is 6.05. The Morgan fingerprint density at radius 2 is 1.85 bits per heavy atom. The molecule has 2 aromatic carbocycles. The second-order valence-corrected chi connectivity index (χ2v) is 6.41. The number of hydrogen-bond acceptors (Lipinski definition) is 4. The maximum atomic E-state index is 12.1. The first kappa shape index (κ1) is 20.9. The van der Waals surface area contributed by atoms with Crippen LogP contribution >= 0.6 is 23.2 Å². The van der Waals surface area contributed by atoms with Crippen molar-refractivity contribution in [3.05, 3.63) is 52.0 Å². The first-order valence-electron chi connectivity index (χ1n) is 8.22. The molecule has 0 saturated heterocycles. The van der Waals surface area contributed by atoms with Crippen LogP contribution in [0, 0.1) is 0 Å². The number of ether oxygens (including phenoxy) is 2. The molecule has 0 saturated carbocycles. The summed E-state index contributed by atoms with van der Waals surface area (Å²) in [6.45, 7) is 0.335. The molecule has 2 aromatic rings. The first-order valence-corrected chi connectivity index (χ1v) is 8.98. The lowest BCUT2D eigenvalue weighted by atomic mass is 10.1. The number of carbonyl (C=O) groups is 2. The van der Waals surface area contributed by atoms with Gasteiger partial charge in [-0.2, -0.15) is 0 Å². The van der Waals surface area contributed by atoms with Crippen molar-refractivity contribution in [1.82, 2.24) is 5.32 Å². The van der Waals surface area contributed by atoms with Crippen molar-refractivity contribution in [2.75, 3.05) is 26.1 Å². The predicted molar refractivity (Wildman–Crippen MR) is 106 cm³/mol. The van der Waals surface area contributed by atoms with Crippen molar-refractivity contribution in [1.29, 1.82) is 0 Å². The summed E-state index contributed by atoms with van der Waals surface area (Å²) in [4.78, 5) is 23.8.